The van der Waals surface area contributed by atoms with Crippen molar-refractivity contribution in [1.29, 1.82) is 0 Å². The minimum absolute atomic E-state index is 0.0383. The largest absolute Gasteiger partial charge is 0.494 e. The van der Waals surface area contributed by atoms with E-state index >= 15 is 0 Å². The van der Waals surface area contributed by atoms with Gasteiger partial charge in [0.05, 0.1) is 17.0 Å². The summed E-state index contributed by atoms with van der Waals surface area (Å²) in [4.78, 5) is 33.0. The number of hydrogen-bond acceptors (Lipinski definition) is 5. The van der Waals surface area contributed by atoms with Gasteiger partial charge in [-0.05, 0) is 68.9 Å². The van der Waals surface area contributed by atoms with Gasteiger partial charge in [0.1, 0.15) is 0 Å². The fraction of sp³-hybridized carbons (Fsp3) is 0.207. The van der Waals surface area contributed by atoms with E-state index in [1.165, 1.54) is 6.92 Å². The summed E-state index contributed by atoms with van der Waals surface area (Å²) in [6.07, 6.45) is 0.479. The molecule has 0 amide bonds. The first-order valence-corrected chi connectivity index (χ1v) is 11.7. The van der Waals surface area contributed by atoms with E-state index in [1.54, 1.807) is 18.2 Å². The van der Waals surface area contributed by atoms with Gasteiger partial charge in [0.2, 0.25) is 0 Å². The van der Waals surface area contributed by atoms with E-state index in [0.29, 0.717) is 34.2 Å². The summed E-state index contributed by atoms with van der Waals surface area (Å²) in [5.74, 6) is -0.950. The number of aromatic hydroxyl groups is 1. The smallest absolute Gasteiger partial charge is 0.303 e. The highest BCUT2D eigenvalue weighted by molar-refractivity contribution is 6.22. The van der Waals surface area contributed by atoms with Crippen LogP contribution >= 0.6 is 0 Å². The van der Waals surface area contributed by atoms with Crippen LogP contribution in [-0.2, 0) is 17.8 Å². The lowest BCUT2D eigenvalue weighted by Gasteiger charge is -2.11. The maximum absolute atomic E-state index is 12.0. The van der Waals surface area contributed by atoms with Crippen molar-refractivity contribution >= 4 is 34.1 Å². The van der Waals surface area contributed by atoms with Gasteiger partial charge in [0, 0.05) is 35.0 Å². The van der Waals surface area contributed by atoms with Gasteiger partial charge >= 0.3 is 5.97 Å². The fourth-order valence-corrected chi connectivity index (χ4v) is 4.15. The molecule has 0 unspecified atom stereocenters. The van der Waals surface area contributed by atoms with Crippen LogP contribution in [-0.4, -0.2) is 51.7 Å². The van der Waals surface area contributed by atoms with Crippen molar-refractivity contribution in [2.24, 2.45) is 4.99 Å². The number of ketones is 1. The van der Waals surface area contributed by atoms with Crippen molar-refractivity contribution in [2.75, 3.05) is 14.1 Å². The normalized spacial score (nSPS) is 11.8. The third-order valence-electron chi connectivity index (χ3n) is 5.95. The average molecular weight is 484 g/mol. The molecule has 4 aromatic rings. The van der Waals surface area contributed by atoms with Crippen LogP contribution in [0.1, 0.15) is 46.0 Å². The molecule has 0 aliphatic rings. The van der Waals surface area contributed by atoms with Crippen molar-refractivity contribution in [1.82, 2.24) is 9.88 Å². The molecule has 4 rings (SSSR count). The van der Waals surface area contributed by atoms with Crippen LogP contribution < -0.4 is 0 Å². The molecule has 0 saturated heterocycles. The molecule has 0 saturated carbocycles. The Morgan fingerprint density at radius 3 is 2.17 bits per heavy atom. The number of aryl methyl sites for hydroxylation is 1. The highest BCUT2D eigenvalue weighted by atomic mass is 16.4. The van der Waals surface area contributed by atoms with Gasteiger partial charge in [-0.25, -0.2) is 4.99 Å². The molecule has 3 N–H and O–H groups in total. The summed E-state index contributed by atoms with van der Waals surface area (Å²) < 4.78 is 0. The number of H-pyrrole nitrogens is 1. The number of carbonyl (C=O) groups is 2. The topological polar surface area (TPSA) is 106 Å². The first kappa shape index (κ1) is 24.9. The van der Waals surface area contributed by atoms with Crippen molar-refractivity contribution in [3.8, 4) is 5.88 Å². The molecular formula is C29H29N3O4. The standard InChI is InChI=1S/C29H29N3O4/c1-18(33)22-11-14-25-24(16-22)27(29(36)31-25)28(21-9-4-19(5-10-21)8-15-26(34)35)30-23-12-6-20(7-13-23)17-32(2)3/h4-7,9-14,16,31,36H,8,15,17H2,1-3H3,(H,34,35). The van der Waals surface area contributed by atoms with Crippen molar-refractivity contribution in [3.63, 3.8) is 0 Å². The highest BCUT2D eigenvalue weighted by Gasteiger charge is 2.20. The highest BCUT2D eigenvalue weighted by Crippen LogP contribution is 2.32. The number of aliphatic carboxylic acids is 1. The summed E-state index contributed by atoms with van der Waals surface area (Å²) in [7, 11) is 4.03. The number of carboxylic acid groups (broad SMARTS) is 1. The summed E-state index contributed by atoms with van der Waals surface area (Å²) in [6.45, 7) is 2.32. The number of aromatic amines is 1. The summed E-state index contributed by atoms with van der Waals surface area (Å²) in [6, 6.07) is 20.7. The molecule has 0 radical (unpaired) electrons. The molecule has 1 aromatic heterocycles. The maximum atomic E-state index is 12.0. The van der Waals surface area contributed by atoms with Gasteiger partial charge in [0.15, 0.2) is 11.7 Å². The number of carboxylic acids is 1. The number of Topliss-reactive ketones (excluding diaryl/α,β-unsaturated/α-hetero) is 1. The lowest BCUT2D eigenvalue weighted by atomic mass is 9.97. The number of rotatable bonds is 9. The van der Waals surface area contributed by atoms with Crippen LogP contribution in [0.2, 0.25) is 0 Å². The van der Waals surface area contributed by atoms with E-state index in [1.807, 2.05) is 62.6 Å². The molecule has 7 heteroatoms. The number of aliphatic imine (C=N–C) groups is 1. The first-order chi connectivity index (χ1) is 17.2. The van der Waals surface area contributed by atoms with Crippen LogP contribution in [0.15, 0.2) is 71.7 Å². The molecular weight excluding hydrogens is 454 g/mol. The molecule has 0 atom stereocenters. The number of aromatic nitrogens is 1. The monoisotopic (exact) mass is 483 g/mol. The zero-order chi connectivity index (χ0) is 25.8. The maximum Gasteiger partial charge on any atom is 0.303 e. The predicted octanol–water partition coefficient (Wildman–Crippen LogP) is 5.32. The second-order valence-corrected chi connectivity index (χ2v) is 9.12. The van der Waals surface area contributed by atoms with Crippen molar-refractivity contribution in [3.05, 3.63) is 94.5 Å². The Morgan fingerprint density at radius 2 is 1.56 bits per heavy atom. The van der Waals surface area contributed by atoms with Crippen molar-refractivity contribution in [2.45, 2.75) is 26.3 Å². The summed E-state index contributed by atoms with van der Waals surface area (Å²) in [5, 5.41) is 20.6. The summed E-state index contributed by atoms with van der Waals surface area (Å²) >= 11 is 0. The molecule has 0 spiro atoms. The number of hydrogen-bond donors (Lipinski definition) is 3. The lowest BCUT2D eigenvalue weighted by Crippen LogP contribution is -2.10. The second kappa shape index (κ2) is 10.6. The van der Waals surface area contributed by atoms with Crippen molar-refractivity contribution < 1.29 is 19.8 Å². The van der Waals surface area contributed by atoms with Crippen LogP contribution in [0.5, 0.6) is 5.88 Å². The molecule has 184 valence electrons. The molecule has 36 heavy (non-hydrogen) atoms. The Hall–Kier alpha value is -4.23. The van der Waals surface area contributed by atoms with Gasteiger partial charge in [0.25, 0.3) is 0 Å². The predicted molar refractivity (Wildman–Crippen MR) is 141 cm³/mol. The number of nitrogens with zero attached hydrogens (tertiary/aromatic N) is 2. The Morgan fingerprint density at radius 1 is 0.917 bits per heavy atom. The van der Waals surface area contributed by atoms with Gasteiger partial charge in [-0.15, -0.1) is 0 Å². The fourth-order valence-electron chi connectivity index (χ4n) is 4.15. The van der Waals surface area contributed by atoms with Gasteiger partial charge < -0.3 is 20.1 Å². The summed E-state index contributed by atoms with van der Waals surface area (Å²) in [5.41, 5.74) is 5.82. The van der Waals surface area contributed by atoms with Crippen LogP contribution in [0.25, 0.3) is 10.9 Å². The Bertz CT molecular complexity index is 1430. The molecule has 0 fully saturated rings. The zero-order valence-corrected chi connectivity index (χ0v) is 20.6. The zero-order valence-electron chi connectivity index (χ0n) is 20.6. The van der Waals surface area contributed by atoms with E-state index in [9.17, 15) is 14.7 Å². The third-order valence-corrected chi connectivity index (χ3v) is 5.95. The van der Waals surface area contributed by atoms with E-state index in [2.05, 4.69) is 9.88 Å². The van der Waals surface area contributed by atoms with Gasteiger partial charge in [-0.1, -0.05) is 36.4 Å². The third kappa shape index (κ3) is 5.70. The molecule has 0 aliphatic carbocycles. The Labute approximate surface area is 209 Å². The minimum atomic E-state index is -0.843. The van der Waals surface area contributed by atoms with Crippen LogP contribution in [0, 0.1) is 0 Å². The molecule has 1 heterocycles. The van der Waals surface area contributed by atoms with E-state index in [0.717, 1.165) is 28.9 Å². The number of carbonyl (C=O) groups excluding carboxylic acids is 1. The molecule has 3 aromatic carbocycles. The average Bonchev–Trinajstić information content (AvgIpc) is 3.17. The SMILES string of the molecule is CC(=O)c1ccc2[nH]c(O)c(C(=Nc3ccc(CN(C)C)cc3)c3ccc(CCC(=O)O)cc3)c2c1. The van der Waals surface area contributed by atoms with E-state index in [4.69, 9.17) is 10.1 Å². The van der Waals surface area contributed by atoms with Crippen LogP contribution in [0.4, 0.5) is 5.69 Å². The molecule has 7 nitrogen and oxygen atoms in total. The Kier molecular flexibility index (Phi) is 7.31. The van der Waals surface area contributed by atoms with Gasteiger partial charge in [-0.3, -0.25) is 9.59 Å². The second-order valence-electron chi connectivity index (χ2n) is 9.12. The number of nitrogens with one attached hydrogen (secondary N) is 1. The van der Waals surface area contributed by atoms with E-state index < -0.39 is 5.97 Å². The van der Waals surface area contributed by atoms with E-state index in [-0.39, 0.29) is 18.1 Å². The number of benzene rings is 3. The quantitative estimate of drug-likeness (QED) is 0.221. The molecule has 0 bridgehead atoms. The van der Waals surface area contributed by atoms with Crippen LogP contribution in [0.3, 0.4) is 0 Å². The lowest BCUT2D eigenvalue weighted by molar-refractivity contribution is -0.136. The molecule has 0 aliphatic heterocycles. The minimum Gasteiger partial charge on any atom is -0.494 e. The number of fused-ring (bicyclic) bond motifs is 1. The first-order valence-electron chi connectivity index (χ1n) is 11.7. The Balaban J connectivity index is 1.84. The van der Waals surface area contributed by atoms with Gasteiger partial charge in [-0.2, -0.15) is 0 Å².